The maximum atomic E-state index is 14.3. The number of hydrogen-bond donors (Lipinski definition) is 0. The molecule has 6 nitrogen and oxygen atoms in total. The highest BCUT2D eigenvalue weighted by atomic mass is 32.1. The second-order valence-corrected chi connectivity index (χ2v) is 11.7. The first kappa shape index (κ1) is 24.6. The SMILES string of the molecule is O=c1c(=Cc2c3ccccc3cc3ccccc23)sc2n1C(c1cccc([N+](=O)[O-])c1)C1=C(N=2)c2ccccc2CC1. The van der Waals surface area contributed by atoms with Crippen LogP contribution >= 0.6 is 11.3 Å². The zero-order valence-electron chi connectivity index (χ0n) is 22.4. The lowest BCUT2D eigenvalue weighted by molar-refractivity contribution is -0.384. The van der Waals surface area contributed by atoms with Gasteiger partial charge in [-0.3, -0.25) is 19.5 Å². The van der Waals surface area contributed by atoms with Crippen LogP contribution in [0.1, 0.15) is 34.7 Å². The minimum Gasteiger partial charge on any atom is -0.272 e. The molecule has 5 aromatic carbocycles. The summed E-state index contributed by atoms with van der Waals surface area (Å²) in [5.41, 5.74) is 5.75. The molecule has 2 aliphatic rings. The Bertz CT molecular complexity index is 2280. The van der Waals surface area contributed by atoms with Gasteiger partial charge in [-0.1, -0.05) is 96.3 Å². The van der Waals surface area contributed by atoms with Gasteiger partial charge in [-0.25, -0.2) is 4.99 Å². The number of nitro groups is 1. The van der Waals surface area contributed by atoms with E-state index in [1.165, 1.54) is 23.0 Å². The molecule has 0 saturated carbocycles. The second kappa shape index (κ2) is 9.46. The van der Waals surface area contributed by atoms with Crippen LogP contribution in [0.3, 0.4) is 0 Å². The van der Waals surface area contributed by atoms with Gasteiger partial charge in [-0.05, 0) is 68.8 Å². The van der Waals surface area contributed by atoms with Crippen molar-refractivity contribution in [3.63, 3.8) is 0 Å². The molecule has 1 aliphatic carbocycles. The first-order valence-corrected chi connectivity index (χ1v) is 14.7. The van der Waals surface area contributed by atoms with Gasteiger partial charge in [0.25, 0.3) is 11.2 Å². The number of benzene rings is 5. The van der Waals surface area contributed by atoms with Crippen molar-refractivity contribution >= 4 is 50.3 Å². The molecule has 1 aromatic heterocycles. The van der Waals surface area contributed by atoms with Crippen LogP contribution in [0.2, 0.25) is 0 Å². The fourth-order valence-corrected chi connectivity index (χ4v) is 7.45. The number of aryl methyl sites for hydroxylation is 1. The Hall–Kier alpha value is -5.14. The van der Waals surface area contributed by atoms with E-state index in [-0.39, 0.29) is 16.2 Å². The Morgan fingerprint density at radius 3 is 2.33 bits per heavy atom. The van der Waals surface area contributed by atoms with Gasteiger partial charge >= 0.3 is 0 Å². The van der Waals surface area contributed by atoms with Gasteiger partial charge < -0.3 is 0 Å². The Balaban J connectivity index is 1.43. The van der Waals surface area contributed by atoms with E-state index in [4.69, 9.17) is 4.99 Å². The van der Waals surface area contributed by atoms with E-state index < -0.39 is 6.04 Å². The van der Waals surface area contributed by atoms with Crippen molar-refractivity contribution in [3.05, 3.63) is 161 Å². The smallest absolute Gasteiger partial charge is 0.271 e. The lowest BCUT2D eigenvalue weighted by atomic mass is 9.83. The van der Waals surface area contributed by atoms with Gasteiger partial charge in [0.1, 0.15) is 0 Å². The Kier molecular flexibility index (Phi) is 5.55. The topological polar surface area (TPSA) is 77.5 Å². The summed E-state index contributed by atoms with van der Waals surface area (Å²) >= 11 is 1.37. The van der Waals surface area contributed by atoms with Gasteiger partial charge in [-0.2, -0.15) is 0 Å². The predicted octanol–water partition coefficient (Wildman–Crippen LogP) is 6.53. The molecule has 0 amide bonds. The Morgan fingerprint density at radius 2 is 1.57 bits per heavy atom. The van der Waals surface area contributed by atoms with Crippen LogP contribution in [-0.4, -0.2) is 9.49 Å². The molecular weight excluding hydrogens is 542 g/mol. The molecule has 7 heteroatoms. The van der Waals surface area contributed by atoms with Crippen molar-refractivity contribution in [2.75, 3.05) is 0 Å². The summed E-state index contributed by atoms with van der Waals surface area (Å²) in [4.78, 5) is 31.4. The zero-order chi connectivity index (χ0) is 28.4. The van der Waals surface area contributed by atoms with Crippen molar-refractivity contribution in [1.29, 1.82) is 0 Å². The van der Waals surface area contributed by atoms with Gasteiger partial charge in [0, 0.05) is 17.7 Å². The zero-order valence-corrected chi connectivity index (χ0v) is 23.2. The number of hydrogen-bond acceptors (Lipinski definition) is 5. The highest BCUT2D eigenvalue weighted by Crippen LogP contribution is 2.41. The fraction of sp³-hybridized carbons (Fsp3) is 0.0857. The summed E-state index contributed by atoms with van der Waals surface area (Å²) in [5, 5.41) is 16.1. The van der Waals surface area contributed by atoms with E-state index in [1.54, 1.807) is 16.7 Å². The number of non-ortho nitro benzene ring substituents is 1. The van der Waals surface area contributed by atoms with Gasteiger partial charge in [-0.15, -0.1) is 0 Å². The van der Waals surface area contributed by atoms with E-state index in [1.807, 2.05) is 48.5 Å². The molecule has 0 spiro atoms. The number of rotatable bonds is 3. The molecule has 0 radical (unpaired) electrons. The highest BCUT2D eigenvalue weighted by molar-refractivity contribution is 7.07. The quantitative estimate of drug-likeness (QED) is 0.139. The standard InChI is InChI=1S/C35H23N3O3S/c39-34-31(20-30-26-13-4-2-9-22(26)18-23-10-3-5-14-27(23)30)42-35-36-32-28-15-6-1-8-21(28)16-17-29(32)33(37(34)35)24-11-7-12-25(19-24)38(40)41/h1-15,18-20,33H,16-17H2. The monoisotopic (exact) mass is 565 g/mol. The van der Waals surface area contributed by atoms with Crippen molar-refractivity contribution in [2.45, 2.75) is 18.9 Å². The second-order valence-electron chi connectivity index (χ2n) is 10.7. The van der Waals surface area contributed by atoms with Gasteiger partial charge in [0.15, 0.2) is 4.80 Å². The molecule has 1 unspecified atom stereocenters. The first-order valence-electron chi connectivity index (χ1n) is 13.8. The number of nitro benzene ring substituents is 1. The average molecular weight is 566 g/mol. The van der Waals surface area contributed by atoms with E-state index in [0.29, 0.717) is 14.9 Å². The number of nitrogens with zero attached hydrogens (tertiary/aromatic N) is 3. The molecule has 0 N–H and O–H groups in total. The summed E-state index contributed by atoms with van der Waals surface area (Å²) in [6, 6.07) is 33.1. The van der Waals surface area contributed by atoms with Crippen LogP contribution in [0.5, 0.6) is 0 Å². The highest BCUT2D eigenvalue weighted by Gasteiger charge is 2.33. The molecular formula is C35H23N3O3S. The Morgan fingerprint density at radius 1 is 0.857 bits per heavy atom. The van der Waals surface area contributed by atoms with E-state index in [9.17, 15) is 14.9 Å². The largest absolute Gasteiger partial charge is 0.272 e. The maximum Gasteiger partial charge on any atom is 0.271 e. The Labute approximate surface area is 244 Å². The van der Waals surface area contributed by atoms with Crippen molar-refractivity contribution in [3.8, 4) is 0 Å². The number of thiazole rings is 1. The lowest BCUT2D eigenvalue weighted by Crippen LogP contribution is -2.38. The molecule has 2 heterocycles. The third kappa shape index (κ3) is 3.78. The first-order chi connectivity index (χ1) is 20.6. The summed E-state index contributed by atoms with van der Waals surface area (Å²) in [5.74, 6) is 0. The summed E-state index contributed by atoms with van der Waals surface area (Å²) in [7, 11) is 0. The molecule has 0 fully saturated rings. The fourth-order valence-electron chi connectivity index (χ4n) is 6.47. The van der Waals surface area contributed by atoms with Crippen LogP contribution < -0.4 is 14.9 Å². The third-order valence-electron chi connectivity index (χ3n) is 8.36. The van der Waals surface area contributed by atoms with Crippen molar-refractivity contribution in [2.24, 2.45) is 4.99 Å². The van der Waals surface area contributed by atoms with Crippen LogP contribution in [-0.2, 0) is 6.42 Å². The van der Waals surface area contributed by atoms with E-state index >= 15 is 0 Å². The number of fused-ring (bicyclic) bond motifs is 5. The maximum absolute atomic E-state index is 14.3. The molecule has 0 bridgehead atoms. The molecule has 0 saturated heterocycles. The van der Waals surface area contributed by atoms with Gasteiger partial charge in [0.2, 0.25) is 0 Å². The minimum absolute atomic E-state index is 0.00668. The van der Waals surface area contributed by atoms with Crippen LogP contribution in [0, 0.1) is 10.1 Å². The molecule has 8 rings (SSSR count). The minimum atomic E-state index is -0.476. The van der Waals surface area contributed by atoms with Crippen molar-refractivity contribution in [1.82, 2.24) is 4.57 Å². The number of allylic oxidation sites excluding steroid dienone is 1. The van der Waals surface area contributed by atoms with E-state index in [0.717, 1.165) is 56.8 Å². The summed E-state index contributed by atoms with van der Waals surface area (Å²) in [6.45, 7) is 0. The van der Waals surface area contributed by atoms with Crippen LogP contribution in [0.4, 0.5) is 5.69 Å². The molecule has 1 atom stereocenters. The molecule has 1 aliphatic heterocycles. The molecule has 202 valence electrons. The predicted molar refractivity (Wildman–Crippen MR) is 167 cm³/mol. The van der Waals surface area contributed by atoms with Crippen LogP contribution in [0.25, 0.3) is 33.3 Å². The summed E-state index contributed by atoms with van der Waals surface area (Å²) < 4.78 is 2.33. The van der Waals surface area contributed by atoms with Gasteiger partial charge in [0.05, 0.1) is 21.2 Å². The average Bonchev–Trinajstić information content (AvgIpc) is 3.33. The molecule has 42 heavy (non-hydrogen) atoms. The lowest BCUT2D eigenvalue weighted by Gasteiger charge is -2.30. The summed E-state index contributed by atoms with van der Waals surface area (Å²) in [6.07, 6.45) is 3.54. The molecule has 6 aromatic rings. The van der Waals surface area contributed by atoms with Crippen molar-refractivity contribution < 1.29 is 4.92 Å². The van der Waals surface area contributed by atoms with E-state index in [2.05, 4.69) is 42.5 Å². The normalized spacial score (nSPS) is 16.2. The number of aromatic nitrogens is 1. The van der Waals surface area contributed by atoms with Crippen LogP contribution in [0.15, 0.2) is 118 Å². The third-order valence-corrected chi connectivity index (χ3v) is 9.34.